The van der Waals surface area contributed by atoms with Crippen molar-refractivity contribution in [3.05, 3.63) is 70.8 Å². The number of methoxy groups -OCH3 is 3. The Balaban J connectivity index is 0.00000176. The van der Waals surface area contributed by atoms with Crippen LogP contribution in [-0.2, 0) is 31.0 Å². The van der Waals surface area contributed by atoms with E-state index in [2.05, 4.69) is 23.4 Å². The van der Waals surface area contributed by atoms with Gasteiger partial charge in [-0.25, -0.2) is 13.1 Å². The summed E-state index contributed by atoms with van der Waals surface area (Å²) in [5, 5.41) is 0.276. The Morgan fingerprint density at radius 2 is 1.67 bits per heavy atom. The van der Waals surface area contributed by atoms with Gasteiger partial charge in [-0.05, 0) is 37.5 Å². The number of benzene rings is 2. The lowest BCUT2D eigenvalue weighted by Gasteiger charge is -2.52. The molecular weight excluding hydrogens is 484 g/mol. The van der Waals surface area contributed by atoms with Crippen molar-refractivity contribution in [3.8, 4) is 0 Å². The summed E-state index contributed by atoms with van der Waals surface area (Å²) in [4.78, 5) is 12.7. The molecule has 2 aliphatic rings. The summed E-state index contributed by atoms with van der Waals surface area (Å²) < 4.78 is 48.6. The Bertz CT molecular complexity index is 1020. The quantitative estimate of drug-likeness (QED) is 0.234. The molecule has 0 spiro atoms. The van der Waals surface area contributed by atoms with Crippen LogP contribution in [0.2, 0.25) is 0 Å². The molecule has 0 N–H and O–H groups in total. The zero-order valence-corrected chi connectivity index (χ0v) is 22.8. The van der Waals surface area contributed by atoms with Gasteiger partial charge in [-0.3, -0.25) is 4.79 Å². The molecule has 2 fully saturated rings. The fraction of sp³-hybridized carbons (Fsp3) is 0.536. The average molecular weight is 522 g/mol. The standard InChI is InChI=1S/C26H31F2NO4S.C2H6/c1-17-10-11-23(18-8-6-5-7-9-18)34-29(17)14-19-12-22(28)20(13-21(19)27)25(24(30)31-2)15-26(16-25,32-3)33-4;1-2/h5-9,12-13,17,23H,10-11,14-16H2,1-4H3;1-2H3/t17-,23?;/m0./s1. The Morgan fingerprint density at radius 1 is 1.03 bits per heavy atom. The molecule has 1 aliphatic carbocycles. The number of nitrogens with zero attached hydrogens (tertiary/aromatic N) is 1. The number of carbonyl (C=O) groups is 1. The molecule has 5 nitrogen and oxygen atoms in total. The van der Waals surface area contributed by atoms with Crippen LogP contribution in [0, 0.1) is 11.6 Å². The van der Waals surface area contributed by atoms with Crippen LogP contribution in [0.1, 0.15) is 68.4 Å². The molecule has 1 aliphatic heterocycles. The van der Waals surface area contributed by atoms with E-state index < -0.39 is 28.8 Å². The third-order valence-electron chi connectivity index (χ3n) is 7.21. The van der Waals surface area contributed by atoms with E-state index in [1.165, 1.54) is 33.0 Å². The predicted molar refractivity (Wildman–Crippen MR) is 138 cm³/mol. The fourth-order valence-corrected chi connectivity index (χ4v) is 6.44. The second kappa shape index (κ2) is 12.0. The third kappa shape index (κ3) is 5.47. The largest absolute Gasteiger partial charge is 0.468 e. The molecule has 1 saturated heterocycles. The molecule has 2 aromatic rings. The molecular formula is C28H37F2NO4S. The first-order valence-corrected chi connectivity index (χ1v) is 13.3. The van der Waals surface area contributed by atoms with E-state index in [-0.39, 0.29) is 41.8 Å². The van der Waals surface area contributed by atoms with Crippen LogP contribution < -0.4 is 0 Å². The van der Waals surface area contributed by atoms with Gasteiger partial charge in [0, 0.05) is 56.0 Å². The van der Waals surface area contributed by atoms with Crippen molar-refractivity contribution in [2.24, 2.45) is 0 Å². The monoisotopic (exact) mass is 521 g/mol. The Labute approximate surface area is 217 Å². The molecule has 8 heteroatoms. The predicted octanol–water partition coefficient (Wildman–Crippen LogP) is 6.56. The summed E-state index contributed by atoms with van der Waals surface area (Å²) >= 11 is 1.68. The van der Waals surface area contributed by atoms with Gasteiger partial charge in [0.2, 0.25) is 0 Å². The molecule has 4 rings (SSSR count). The Kier molecular flexibility index (Phi) is 9.55. The zero-order chi connectivity index (χ0) is 26.5. The summed E-state index contributed by atoms with van der Waals surface area (Å²) in [6.45, 7) is 6.37. The Hall–Kier alpha value is -2.00. The Morgan fingerprint density at radius 3 is 2.25 bits per heavy atom. The van der Waals surface area contributed by atoms with E-state index >= 15 is 8.78 Å². The van der Waals surface area contributed by atoms with E-state index in [1.807, 2.05) is 32.0 Å². The van der Waals surface area contributed by atoms with Crippen molar-refractivity contribution in [1.82, 2.24) is 4.31 Å². The first-order valence-electron chi connectivity index (χ1n) is 12.4. The molecule has 1 saturated carbocycles. The number of hydrogen-bond acceptors (Lipinski definition) is 6. The van der Waals surface area contributed by atoms with E-state index in [0.29, 0.717) is 0 Å². The van der Waals surface area contributed by atoms with Crippen LogP contribution in [0.4, 0.5) is 8.78 Å². The van der Waals surface area contributed by atoms with Gasteiger partial charge in [0.15, 0.2) is 5.79 Å². The van der Waals surface area contributed by atoms with Crippen LogP contribution in [-0.4, -0.2) is 43.4 Å². The number of carbonyl (C=O) groups excluding carboxylic acids is 1. The summed E-state index contributed by atoms with van der Waals surface area (Å²) in [6, 6.07) is 12.8. The summed E-state index contributed by atoms with van der Waals surface area (Å²) in [5.41, 5.74) is 0.122. The van der Waals surface area contributed by atoms with Crippen molar-refractivity contribution < 1.29 is 27.8 Å². The van der Waals surface area contributed by atoms with Crippen LogP contribution in [0.25, 0.3) is 0 Å². The summed E-state index contributed by atoms with van der Waals surface area (Å²) in [5.74, 6) is -2.82. The lowest BCUT2D eigenvalue weighted by molar-refractivity contribution is -0.278. The molecule has 198 valence electrons. The minimum atomic E-state index is -1.35. The minimum Gasteiger partial charge on any atom is -0.468 e. The maximum absolute atomic E-state index is 15.4. The van der Waals surface area contributed by atoms with Gasteiger partial charge < -0.3 is 14.2 Å². The number of rotatable bonds is 7. The number of halogens is 2. The van der Waals surface area contributed by atoms with E-state index in [0.717, 1.165) is 18.9 Å². The lowest BCUT2D eigenvalue weighted by Crippen LogP contribution is -2.61. The van der Waals surface area contributed by atoms with Gasteiger partial charge in [-0.2, -0.15) is 0 Å². The third-order valence-corrected chi connectivity index (χ3v) is 8.73. The topological polar surface area (TPSA) is 48.0 Å². The van der Waals surface area contributed by atoms with Crippen molar-refractivity contribution in [3.63, 3.8) is 0 Å². The van der Waals surface area contributed by atoms with E-state index in [4.69, 9.17) is 14.2 Å². The highest BCUT2D eigenvalue weighted by molar-refractivity contribution is 7.97. The lowest BCUT2D eigenvalue weighted by atomic mass is 9.60. The first kappa shape index (κ1) is 28.6. The molecule has 0 aromatic heterocycles. The first-order chi connectivity index (χ1) is 17.3. The highest BCUT2D eigenvalue weighted by Gasteiger charge is 2.63. The molecule has 0 bridgehead atoms. The highest BCUT2D eigenvalue weighted by Crippen LogP contribution is 2.54. The average Bonchev–Trinajstić information content (AvgIpc) is 2.89. The summed E-state index contributed by atoms with van der Waals surface area (Å²) in [7, 11) is 4.17. The van der Waals surface area contributed by atoms with Gasteiger partial charge in [0.05, 0.1) is 7.11 Å². The van der Waals surface area contributed by atoms with Gasteiger partial charge >= 0.3 is 5.97 Å². The fourth-order valence-electron chi connectivity index (χ4n) is 5.07. The molecule has 0 radical (unpaired) electrons. The maximum Gasteiger partial charge on any atom is 0.316 e. The van der Waals surface area contributed by atoms with Gasteiger partial charge in [0.25, 0.3) is 0 Å². The van der Waals surface area contributed by atoms with Crippen LogP contribution in [0.5, 0.6) is 0 Å². The molecule has 36 heavy (non-hydrogen) atoms. The van der Waals surface area contributed by atoms with Gasteiger partial charge in [0.1, 0.15) is 17.0 Å². The van der Waals surface area contributed by atoms with Crippen molar-refractivity contribution >= 4 is 17.9 Å². The number of hydrogen-bond donors (Lipinski definition) is 0. The van der Waals surface area contributed by atoms with Crippen molar-refractivity contribution in [2.45, 2.75) is 75.5 Å². The van der Waals surface area contributed by atoms with Crippen LogP contribution in [0.3, 0.4) is 0 Å². The zero-order valence-electron chi connectivity index (χ0n) is 22.0. The summed E-state index contributed by atoms with van der Waals surface area (Å²) in [6.07, 6.45) is 2.10. The molecule has 2 aromatic carbocycles. The van der Waals surface area contributed by atoms with Crippen molar-refractivity contribution in [2.75, 3.05) is 21.3 Å². The highest BCUT2D eigenvalue weighted by atomic mass is 32.2. The van der Waals surface area contributed by atoms with E-state index in [9.17, 15) is 4.79 Å². The van der Waals surface area contributed by atoms with Crippen LogP contribution in [0.15, 0.2) is 42.5 Å². The normalized spacial score (nSPS) is 22.7. The number of esters is 1. The molecule has 1 unspecified atom stereocenters. The van der Waals surface area contributed by atoms with Crippen molar-refractivity contribution in [1.29, 1.82) is 0 Å². The molecule has 2 atom stereocenters. The second-order valence-electron chi connectivity index (χ2n) is 9.18. The smallest absolute Gasteiger partial charge is 0.316 e. The SMILES string of the molecule is CC.COC(=O)C1(c2cc(F)c(CN3SC(c4ccccc4)CC[C@@H]3C)cc2F)CC(OC)(OC)C1. The van der Waals surface area contributed by atoms with E-state index in [1.54, 1.807) is 11.9 Å². The van der Waals surface area contributed by atoms with Crippen LogP contribution >= 0.6 is 11.9 Å². The minimum absolute atomic E-state index is 0.0215. The van der Waals surface area contributed by atoms with Gasteiger partial charge in [-0.1, -0.05) is 56.1 Å². The molecule has 1 heterocycles. The molecule has 0 amide bonds. The van der Waals surface area contributed by atoms with Gasteiger partial charge in [-0.15, -0.1) is 0 Å². The maximum atomic E-state index is 15.4. The second-order valence-corrected chi connectivity index (χ2v) is 10.4. The number of ether oxygens (including phenoxy) is 3.